The molecule has 0 fully saturated rings. The number of hydrogen-bond donors (Lipinski definition) is 0. The lowest BCUT2D eigenvalue weighted by Crippen LogP contribution is -2.39. The van der Waals surface area contributed by atoms with Crippen LogP contribution in [0.3, 0.4) is 0 Å². The normalized spacial score (nSPS) is 11.1. The van der Waals surface area contributed by atoms with E-state index in [-0.39, 0.29) is 12.4 Å². The molecule has 1 aromatic rings. The number of hydrogen-bond acceptors (Lipinski definition) is 1. The quantitative estimate of drug-likeness (QED) is 0.360. The Hall–Kier alpha value is -1.37. The van der Waals surface area contributed by atoms with Gasteiger partial charge in [0.15, 0.2) is 23.3 Å². The van der Waals surface area contributed by atoms with Crippen LogP contribution in [0.25, 0.3) is 0 Å². The van der Waals surface area contributed by atoms with Crippen LogP contribution in [0.5, 0.6) is 0 Å². The number of alkyl halides is 1. The zero-order valence-electron chi connectivity index (χ0n) is 10.6. The molecule has 1 amide bonds. The molecular weight excluding hydrogens is 305 g/mol. The van der Waals surface area contributed by atoms with E-state index in [2.05, 4.69) is 0 Å². The molecule has 0 saturated heterocycles. The molecule has 112 valence electrons. The van der Waals surface area contributed by atoms with Crippen LogP contribution in [0.2, 0.25) is 0 Å². The molecule has 0 spiro atoms. The van der Waals surface area contributed by atoms with Gasteiger partial charge in [0.2, 0.25) is 5.82 Å². The Morgan fingerprint density at radius 3 is 1.75 bits per heavy atom. The van der Waals surface area contributed by atoms with Crippen molar-refractivity contribution in [3.05, 3.63) is 34.6 Å². The second-order valence-electron chi connectivity index (χ2n) is 4.23. The van der Waals surface area contributed by atoms with E-state index in [9.17, 15) is 26.7 Å². The van der Waals surface area contributed by atoms with E-state index in [1.807, 2.05) is 0 Å². The van der Waals surface area contributed by atoms with Crippen molar-refractivity contribution in [1.82, 2.24) is 4.90 Å². The van der Waals surface area contributed by atoms with Gasteiger partial charge in [0.05, 0.1) is 0 Å². The Bertz CT molecular complexity index is 506. The van der Waals surface area contributed by atoms with Gasteiger partial charge >= 0.3 is 0 Å². The summed E-state index contributed by atoms with van der Waals surface area (Å²) >= 11 is 5.45. The Kier molecular flexibility index (Phi) is 5.33. The van der Waals surface area contributed by atoms with Crippen LogP contribution >= 0.6 is 11.6 Å². The molecule has 0 aliphatic rings. The maximum atomic E-state index is 13.5. The molecule has 0 radical (unpaired) electrons. The maximum Gasteiger partial charge on any atom is 0.260 e. The first-order valence-electron chi connectivity index (χ1n) is 5.62. The SMILES string of the molecule is CC(C)N(CCCl)C(=O)c1c(F)c(F)c(F)c(F)c1F. The van der Waals surface area contributed by atoms with Crippen LogP contribution in [0.4, 0.5) is 22.0 Å². The highest BCUT2D eigenvalue weighted by molar-refractivity contribution is 6.18. The van der Waals surface area contributed by atoms with Gasteiger partial charge in [-0.1, -0.05) is 0 Å². The van der Waals surface area contributed by atoms with Crippen LogP contribution in [-0.2, 0) is 0 Å². The molecule has 0 bridgehead atoms. The number of amides is 1. The van der Waals surface area contributed by atoms with Crippen LogP contribution in [0.15, 0.2) is 0 Å². The number of carbonyl (C=O) groups is 1. The Morgan fingerprint density at radius 1 is 1.00 bits per heavy atom. The zero-order valence-corrected chi connectivity index (χ0v) is 11.4. The topological polar surface area (TPSA) is 20.3 Å². The summed E-state index contributed by atoms with van der Waals surface area (Å²) < 4.78 is 66.0. The minimum absolute atomic E-state index is 0.0423. The predicted octanol–water partition coefficient (Wildman–Crippen LogP) is 3.47. The average Bonchev–Trinajstić information content (AvgIpc) is 2.40. The van der Waals surface area contributed by atoms with E-state index in [1.165, 1.54) is 13.8 Å². The van der Waals surface area contributed by atoms with Crippen molar-refractivity contribution < 1.29 is 26.7 Å². The van der Waals surface area contributed by atoms with Gasteiger partial charge in [-0.2, -0.15) is 0 Å². The summed E-state index contributed by atoms with van der Waals surface area (Å²) in [5, 5.41) is 0. The third-order valence-electron chi connectivity index (χ3n) is 2.63. The summed E-state index contributed by atoms with van der Waals surface area (Å²) in [5.74, 6) is -12.2. The lowest BCUT2D eigenvalue weighted by molar-refractivity contribution is 0.0704. The largest absolute Gasteiger partial charge is 0.335 e. The number of nitrogens with zero attached hydrogens (tertiary/aromatic N) is 1. The first-order valence-corrected chi connectivity index (χ1v) is 6.15. The molecule has 0 aliphatic heterocycles. The van der Waals surface area contributed by atoms with Gasteiger partial charge in [-0.05, 0) is 13.8 Å². The standard InChI is InChI=1S/C12H11ClF5NO/c1-5(2)19(4-3-13)12(20)6-7(14)9(16)11(18)10(17)8(6)15/h5H,3-4H2,1-2H3. The van der Waals surface area contributed by atoms with Crippen LogP contribution in [-0.4, -0.2) is 29.3 Å². The molecule has 0 saturated carbocycles. The summed E-state index contributed by atoms with van der Waals surface area (Å²) in [6.45, 7) is 2.96. The third-order valence-corrected chi connectivity index (χ3v) is 2.80. The molecule has 0 heterocycles. The van der Waals surface area contributed by atoms with Crippen LogP contribution < -0.4 is 0 Å². The molecule has 0 N–H and O–H groups in total. The minimum atomic E-state index is -2.30. The van der Waals surface area contributed by atoms with Gasteiger partial charge in [-0.15, -0.1) is 11.6 Å². The monoisotopic (exact) mass is 315 g/mol. The molecule has 0 aromatic heterocycles. The third kappa shape index (κ3) is 2.87. The molecule has 0 aliphatic carbocycles. The highest BCUT2D eigenvalue weighted by Crippen LogP contribution is 2.24. The zero-order chi connectivity index (χ0) is 15.6. The van der Waals surface area contributed by atoms with E-state index in [4.69, 9.17) is 11.6 Å². The predicted molar refractivity (Wildman–Crippen MR) is 63.1 cm³/mol. The van der Waals surface area contributed by atoms with Crippen molar-refractivity contribution in [2.75, 3.05) is 12.4 Å². The van der Waals surface area contributed by atoms with E-state index >= 15 is 0 Å². The summed E-state index contributed by atoms with van der Waals surface area (Å²) in [5.41, 5.74) is -1.47. The van der Waals surface area contributed by atoms with Crippen molar-refractivity contribution in [2.24, 2.45) is 0 Å². The molecule has 1 rings (SSSR count). The Labute approximate surface area is 117 Å². The summed E-state index contributed by atoms with van der Waals surface area (Å²) in [4.78, 5) is 12.9. The van der Waals surface area contributed by atoms with Crippen molar-refractivity contribution in [1.29, 1.82) is 0 Å². The fourth-order valence-corrected chi connectivity index (χ4v) is 1.80. The van der Waals surface area contributed by atoms with Crippen LogP contribution in [0, 0.1) is 29.1 Å². The lowest BCUT2D eigenvalue weighted by atomic mass is 10.1. The fourth-order valence-electron chi connectivity index (χ4n) is 1.62. The highest BCUT2D eigenvalue weighted by atomic mass is 35.5. The van der Waals surface area contributed by atoms with E-state index in [0.29, 0.717) is 0 Å². The number of benzene rings is 1. The van der Waals surface area contributed by atoms with Crippen LogP contribution in [0.1, 0.15) is 24.2 Å². The second-order valence-corrected chi connectivity index (χ2v) is 4.60. The number of carbonyl (C=O) groups excluding carboxylic acids is 1. The van der Waals surface area contributed by atoms with Crippen molar-refractivity contribution in [2.45, 2.75) is 19.9 Å². The smallest absolute Gasteiger partial charge is 0.260 e. The number of halogens is 6. The van der Waals surface area contributed by atoms with Crippen molar-refractivity contribution in [3.63, 3.8) is 0 Å². The van der Waals surface area contributed by atoms with E-state index in [1.54, 1.807) is 0 Å². The summed E-state index contributed by atoms with van der Waals surface area (Å²) in [7, 11) is 0. The first-order chi connectivity index (χ1) is 9.23. The van der Waals surface area contributed by atoms with E-state index < -0.39 is 46.6 Å². The van der Waals surface area contributed by atoms with Gasteiger partial charge in [0.1, 0.15) is 5.56 Å². The Morgan fingerprint density at radius 2 is 1.40 bits per heavy atom. The van der Waals surface area contributed by atoms with Crippen molar-refractivity contribution >= 4 is 17.5 Å². The van der Waals surface area contributed by atoms with Gasteiger partial charge in [-0.25, -0.2) is 22.0 Å². The molecule has 1 aromatic carbocycles. The molecular formula is C12H11ClF5NO. The summed E-state index contributed by atoms with van der Waals surface area (Å²) in [6, 6.07) is -0.517. The van der Waals surface area contributed by atoms with Gasteiger partial charge in [0.25, 0.3) is 5.91 Å². The molecule has 20 heavy (non-hydrogen) atoms. The van der Waals surface area contributed by atoms with E-state index in [0.717, 1.165) is 4.90 Å². The van der Waals surface area contributed by atoms with Crippen molar-refractivity contribution in [3.8, 4) is 0 Å². The molecule has 0 unspecified atom stereocenters. The average molecular weight is 316 g/mol. The van der Waals surface area contributed by atoms with Gasteiger partial charge in [0, 0.05) is 18.5 Å². The Balaban J connectivity index is 3.43. The highest BCUT2D eigenvalue weighted by Gasteiger charge is 2.32. The summed E-state index contributed by atoms with van der Waals surface area (Å²) in [6.07, 6.45) is 0. The maximum absolute atomic E-state index is 13.5. The van der Waals surface area contributed by atoms with Gasteiger partial charge < -0.3 is 4.90 Å². The number of rotatable bonds is 4. The molecule has 2 nitrogen and oxygen atoms in total. The minimum Gasteiger partial charge on any atom is -0.335 e. The second kappa shape index (κ2) is 6.39. The lowest BCUT2D eigenvalue weighted by Gasteiger charge is -2.26. The van der Waals surface area contributed by atoms with Gasteiger partial charge in [-0.3, -0.25) is 4.79 Å². The molecule has 0 atom stereocenters. The first kappa shape index (κ1) is 16.7. The molecule has 8 heteroatoms. The fraction of sp³-hybridized carbons (Fsp3) is 0.417.